The van der Waals surface area contributed by atoms with Crippen LogP contribution < -0.4 is 4.74 Å². The van der Waals surface area contributed by atoms with Crippen LogP contribution in [0.3, 0.4) is 0 Å². The van der Waals surface area contributed by atoms with Gasteiger partial charge in [0, 0.05) is 5.56 Å². The fourth-order valence-corrected chi connectivity index (χ4v) is 5.18. The number of hydrogen-bond acceptors (Lipinski definition) is 1. The van der Waals surface area contributed by atoms with E-state index >= 15 is 13.2 Å². The van der Waals surface area contributed by atoms with E-state index in [9.17, 15) is 0 Å². The lowest BCUT2D eigenvalue weighted by atomic mass is 9.90. The van der Waals surface area contributed by atoms with Gasteiger partial charge in [-0.1, -0.05) is 114 Å². The summed E-state index contributed by atoms with van der Waals surface area (Å²) in [5.74, 6) is -1.02. The summed E-state index contributed by atoms with van der Waals surface area (Å²) < 4.78 is 50.2. The lowest BCUT2D eigenvalue weighted by Gasteiger charge is -2.29. The molecule has 0 spiro atoms. The lowest BCUT2D eigenvalue weighted by molar-refractivity contribution is -0.188. The fraction of sp³-hybridized carbons (Fsp3) is 0.455. The Hall–Kier alpha value is -2.75. The van der Waals surface area contributed by atoms with Gasteiger partial charge in [-0.25, -0.2) is 4.39 Å². The van der Waals surface area contributed by atoms with Crippen LogP contribution in [0.2, 0.25) is 0 Å². The SMILES string of the molecule is CCCCCCCCCCc1ccc(-c2ccc3c(c2)C(F)(F)Oc2c-3ccc(CCCC)c2F)cc1. The third-order valence-electron chi connectivity index (χ3n) is 7.44. The van der Waals surface area contributed by atoms with E-state index in [1.807, 2.05) is 25.1 Å². The third kappa shape index (κ3) is 6.58. The maximum Gasteiger partial charge on any atom is 0.427 e. The second-order valence-corrected chi connectivity index (χ2v) is 10.3. The number of ether oxygens (including phenoxy) is 1. The Bertz CT molecular complexity index is 1170. The van der Waals surface area contributed by atoms with Crippen molar-refractivity contribution in [3.05, 3.63) is 77.1 Å². The van der Waals surface area contributed by atoms with Crippen molar-refractivity contribution >= 4 is 0 Å². The van der Waals surface area contributed by atoms with Crippen molar-refractivity contribution in [1.82, 2.24) is 0 Å². The van der Waals surface area contributed by atoms with Gasteiger partial charge in [-0.3, -0.25) is 0 Å². The zero-order chi connectivity index (χ0) is 26.3. The van der Waals surface area contributed by atoms with Crippen LogP contribution in [0.5, 0.6) is 5.75 Å². The van der Waals surface area contributed by atoms with Gasteiger partial charge in [0.1, 0.15) is 0 Å². The molecule has 0 N–H and O–H groups in total. The van der Waals surface area contributed by atoms with Crippen LogP contribution >= 0.6 is 0 Å². The number of fused-ring (bicyclic) bond motifs is 3. The molecule has 0 aromatic heterocycles. The maximum absolute atomic E-state index is 15.1. The number of aryl methyl sites for hydroxylation is 2. The Morgan fingerprint density at radius 3 is 1.97 bits per heavy atom. The highest BCUT2D eigenvalue weighted by Crippen LogP contribution is 2.49. The fourth-order valence-electron chi connectivity index (χ4n) is 5.18. The first-order valence-corrected chi connectivity index (χ1v) is 14.1. The van der Waals surface area contributed by atoms with Gasteiger partial charge in [-0.05, 0) is 59.6 Å². The van der Waals surface area contributed by atoms with Crippen molar-refractivity contribution in [3.8, 4) is 28.0 Å². The topological polar surface area (TPSA) is 9.23 Å². The monoisotopic (exact) mass is 508 g/mol. The molecule has 0 atom stereocenters. The lowest BCUT2D eigenvalue weighted by Crippen LogP contribution is -2.27. The van der Waals surface area contributed by atoms with Crippen molar-refractivity contribution in [3.63, 3.8) is 0 Å². The third-order valence-corrected chi connectivity index (χ3v) is 7.44. The number of alkyl halides is 2. The second-order valence-electron chi connectivity index (χ2n) is 10.3. The molecule has 1 aliphatic rings. The summed E-state index contributed by atoms with van der Waals surface area (Å²) in [5, 5.41) is 0. The van der Waals surface area contributed by atoms with Crippen molar-refractivity contribution in [2.45, 2.75) is 97.0 Å². The summed E-state index contributed by atoms with van der Waals surface area (Å²) in [6, 6.07) is 16.6. The van der Waals surface area contributed by atoms with Crippen molar-refractivity contribution in [2.24, 2.45) is 0 Å². The van der Waals surface area contributed by atoms with Crippen LogP contribution in [0.25, 0.3) is 22.3 Å². The predicted octanol–water partition coefficient (Wildman–Crippen LogP) is 10.6. The summed E-state index contributed by atoms with van der Waals surface area (Å²) in [6.45, 7) is 4.25. The van der Waals surface area contributed by atoms with Gasteiger partial charge in [0.05, 0.1) is 5.56 Å². The number of halogens is 3. The Labute approximate surface area is 220 Å². The van der Waals surface area contributed by atoms with Crippen molar-refractivity contribution in [1.29, 1.82) is 0 Å². The Kier molecular flexibility index (Phi) is 9.34. The van der Waals surface area contributed by atoms with Gasteiger partial charge in [-0.2, -0.15) is 8.78 Å². The van der Waals surface area contributed by atoms with E-state index in [2.05, 4.69) is 19.1 Å². The summed E-state index contributed by atoms with van der Waals surface area (Å²) >= 11 is 0. The van der Waals surface area contributed by atoms with Gasteiger partial charge in [0.2, 0.25) is 0 Å². The normalized spacial score (nSPS) is 13.6. The molecular weight excluding hydrogens is 469 g/mol. The van der Waals surface area contributed by atoms with Gasteiger partial charge >= 0.3 is 6.11 Å². The zero-order valence-electron chi connectivity index (χ0n) is 22.2. The zero-order valence-corrected chi connectivity index (χ0v) is 22.2. The average molecular weight is 509 g/mol. The molecule has 1 heterocycles. The quantitative estimate of drug-likeness (QED) is 0.209. The van der Waals surface area contributed by atoms with Crippen molar-refractivity contribution in [2.75, 3.05) is 0 Å². The first-order chi connectivity index (χ1) is 17.9. The highest BCUT2D eigenvalue weighted by atomic mass is 19.3. The molecule has 0 fully saturated rings. The van der Waals surface area contributed by atoms with E-state index in [0.29, 0.717) is 28.7 Å². The molecule has 0 saturated heterocycles. The molecule has 1 aliphatic heterocycles. The summed E-state index contributed by atoms with van der Waals surface area (Å²) in [5.41, 5.74) is 3.75. The molecule has 0 radical (unpaired) electrons. The smallest absolute Gasteiger partial charge is 0.425 e. The van der Waals surface area contributed by atoms with Crippen LogP contribution in [0.15, 0.2) is 54.6 Å². The van der Waals surface area contributed by atoms with Gasteiger partial charge in [0.25, 0.3) is 0 Å². The predicted molar refractivity (Wildman–Crippen MR) is 147 cm³/mol. The van der Waals surface area contributed by atoms with E-state index in [0.717, 1.165) is 24.8 Å². The molecule has 0 unspecified atom stereocenters. The average Bonchev–Trinajstić information content (AvgIpc) is 2.90. The highest BCUT2D eigenvalue weighted by molar-refractivity contribution is 5.80. The minimum Gasteiger partial charge on any atom is -0.425 e. The van der Waals surface area contributed by atoms with Crippen LogP contribution in [0, 0.1) is 5.82 Å². The molecular formula is C33H39F3O. The molecule has 0 amide bonds. The van der Waals surface area contributed by atoms with Crippen LogP contribution in [-0.2, 0) is 19.0 Å². The van der Waals surface area contributed by atoms with Crippen LogP contribution in [-0.4, -0.2) is 0 Å². The Balaban J connectivity index is 1.45. The molecule has 3 aromatic carbocycles. The number of unbranched alkanes of at least 4 members (excludes halogenated alkanes) is 8. The summed E-state index contributed by atoms with van der Waals surface area (Å²) in [7, 11) is 0. The first kappa shape index (κ1) is 27.3. The Morgan fingerprint density at radius 1 is 0.649 bits per heavy atom. The molecule has 1 nitrogen and oxygen atoms in total. The second kappa shape index (κ2) is 12.7. The standard InChI is InChI=1S/C33H39F3O/c1-3-5-7-8-9-10-11-12-13-24-15-17-25(18-16-24)27-20-21-28-29-22-19-26(14-6-4-2)31(34)32(29)37-33(35,36)30(28)23-27/h15-23H,3-14H2,1-2H3. The molecule has 3 aromatic rings. The molecule has 37 heavy (non-hydrogen) atoms. The number of rotatable bonds is 13. The minimum atomic E-state index is -3.60. The maximum atomic E-state index is 15.1. The van der Waals surface area contributed by atoms with E-state index in [1.165, 1.54) is 63.0 Å². The molecule has 198 valence electrons. The minimum absolute atomic E-state index is 0.221. The van der Waals surface area contributed by atoms with E-state index in [-0.39, 0.29) is 11.3 Å². The highest BCUT2D eigenvalue weighted by Gasteiger charge is 2.43. The first-order valence-electron chi connectivity index (χ1n) is 14.1. The van der Waals surface area contributed by atoms with Gasteiger partial charge in [0.15, 0.2) is 11.6 Å². The summed E-state index contributed by atoms with van der Waals surface area (Å²) in [4.78, 5) is 0. The van der Waals surface area contributed by atoms with Crippen LogP contribution in [0.4, 0.5) is 13.2 Å². The van der Waals surface area contributed by atoms with E-state index < -0.39 is 11.9 Å². The molecule has 4 heteroatoms. The molecule has 4 rings (SSSR count). The van der Waals surface area contributed by atoms with Crippen molar-refractivity contribution < 1.29 is 17.9 Å². The van der Waals surface area contributed by atoms with Crippen LogP contribution in [0.1, 0.15) is 94.7 Å². The molecule has 0 bridgehead atoms. The Morgan fingerprint density at radius 2 is 1.27 bits per heavy atom. The molecule has 0 aliphatic carbocycles. The van der Waals surface area contributed by atoms with Gasteiger partial charge in [-0.15, -0.1) is 0 Å². The number of hydrogen-bond donors (Lipinski definition) is 0. The largest absolute Gasteiger partial charge is 0.427 e. The molecule has 0 saturated carbocycles. The van der Waals surface area contributed by atoms with E-state index in [1.54, 1.807) is 18.2 Å². The summed E-state index contributed by atoms with van der Waals surface area (Å²) in [6.07, 6.45) is 9.99. The van der Waals surface area contributed by atoms with Gasteiger partial charge < -0.3 is 4.74 Å². The number of benzene rings is 3. The van der Waals surface area contributed by atoms with E-state index in [4.69, 9.17) is 4.74 Å².